The molecule has 0 fully saturated rings. The van der Waals surface area contributed by atoms with Crippen molar-refractivity contribution in [3.8, 4) is 0 Å². The minimum atomic E-state index is -0.892. The zero-order chi connectivity index (χ0) is 23.3. The number of rotatable bonds is 8. The highest BCUT2D eigenvalue weighted by Gasteiger charge is 2.38. The van der Waals surface area contributed by atoms with Crippen LogP contribution in [0.25, 0.3) is 0 Å². The lowest BCUT2D eigenvalue weighted by atomic mass is 9.81. The van der Waals surface area contributed by atoms with Gasteiger partial charge in [0, 0.05) is 11.0 Å². The Labute approximate surface area is 184 Å². The Balaban J connectivity index is 2.14. The van der Waals surface area contributed by atoms with Crippen LogP contribution in [0.4, 0.5) is 0 Å². The van der Waals surface area contributed by atoms with Gasteiger partial charge < -0.3 is 9.47 Å². The molecule has 2 rings (SSSR count). The minimum Gasteiger partial charge on any atom is -0.461 e. The maximum atomic E-state index is 12.9. The number of carbonyl (C=O) groups excluding carboxylic acids is 3. The van der Waals surface area contributed by atoms with E-state index < -0.39 is 29.2 Å². The molecule has 1 atom stereocenters. The molecule has 0 saturated heterocycles. The largest absolute Gasteiger partial charge is 0.461 e. The van der Waals surface area contributed by atoms with E-state index in [1.54, 1.807) is 24.3 Å². The van der Waals surface area contributed by atoms with Crippen molar-refractivity contribution < 1.29 is 23.9 Å². The molecule has 0 N–H and O–H groups in total. The van der Waals surface area contributed by atoms with E-state index in [9.17, 15) is 14.4 Å². The van der Waals surface area contributed by atoms with Crippen LogP contribution in [0.3, 0.4) is 0 Å². The summed E-state index contributed by atoms with van der Waals surface area (Å²) in [7, 11) is 0. The second-order valence-corrected chi connectivity index (χ2v) is 9.10. The van der Waals surface area contributed by atoms with Crippen LogP contribution in [0, 0.1) is 32.1 Å². The zero-order valence-electron chi connectivity index (χ0n) is 19.4. The number of esters is 2. The highest BCUT2D eigenvalue weighted by Crippen LogP contribution is 2.30. The second-order valence-electron chi connectivity index (χ2n) is 9.10. The first-order valence-corrected chi connectivity index (χ1v) is 10.5. The third-order valence-electron chi connectivity index (χ3n) is 5.28. The van der Waals surface area contributed by atoms with E-state index in [-0.39, 0.29) is 12.5 Å². The first-order valence-electron chi connectivity index (χ1n) is 10.5. The number of ether oxygens (including phenoxy) is 2. The summed E-state index contributed by atoms with van der Waals surface area (Å²) < 4.78 is 11.2. The molecule has 5 heteroatoms. The van der Waals surface area contributed by atoms with Crippen LogP contribution in [-0.2, 0) is 14.3 Å². The molecule has 0 aliphatic rings. The number of aryl methyl sites for hydroxylation is 3. The SMILES string of the molecule is Cc1cc(C)c(C(=O)C(=O)OC(C(C)C)C(C)(C)COC(=O)c2ccccc2)c(C)c1. The molecule has 2 aromatic rings. The first-order chi connectivity index (χ1) is 14.4. The van der Waals surface area contributed by atoms with Gasteiger partial charge in [-0.25, -0.2) is 9.59 Å². The van der Waals surface area contributed by atoms with Crippen molar-refractivity contribution in [2.75, 3.05) is 6.61 Å². The predicted octanol–water partition coefficient (Wildman–Crippen LogP) is 5.25. The number of Topliss-reactive ketones (excluding diaryl/α,β-unsaturated/α-hetero) is 1. The Morgan fingerprint density at radius 2 is 1.48 bits per heavy atom. The number of carbonyl (C=O) groups is 3. The van der Waals surface area contributed by atoms with Gasteiger partial charge in [-0.05, 0) is 49.9 Å². The van der Waals surface area contributed by atoms with Crippen molar-refractivity contribution in [2.45, 2.75) is 54.6 Å². The van der Waals surface area contributed by atoms with Crippen LogP contribution < -0.4 is 0 Å². The third-order valence-corrected chi connectivity index (χ3v) is 5.28. The lowest BCUT2D eigenvalue weighted by Crippen LogP contribution is -2.43. The summed E-state index contributed by atoms with van der Waals surface area (Å²) in [6.45, 7) is 13.2. The van der Waals surface area contributed by atoms with E-state index in [4.69, 9.17) is 9.47 Å². The predicted molar refractivity (Wildman–Crippen MR) is 120 cm³/mol. The van der Waals surface area contributed by atoms with Gasteiger partial charge in [0.2, 0.25) is 0 Å². The summed E-state index contributed by atoms with van der Waals surface area (Å²) in [5, 5.41) is 0. The van der Waals surface area contributed by atoms with Crippen molar-refractivity contribution in [3.63, 3.8) is 0 Å². The van der Waals surface area contributed by atoms with Gasteiger partial charge in [0.1, 0.15) is 12.7 Å². The Hall–Kier alpha value is -2.95. The molecule has 2 aromatic carbocycles. The molecule has 0 heterocycles. The summed E-state index contributed by atoms with van der Waals surface area (Å²) in [4.78, 5) is 38.0. The molecule has 0 spiro atoms. The average Bonchev–Trinajstić information content (AvgIpc) is 2.69. The summed E-state index contributed by atoms with van der Waals surface area (Å²) in [5.74, 6) is -2.07. The lowest BCUT2D eigenvalue weighted by Gasteiger charge is -2.35. The van der Waals surface area contributed by atoms with Crippen molar-refractivity contribution >= 4 is 17.7 Å². The highest BCUT2D eigenvalue weighted by atomic mass is 16.6. The molecule has 31 heavy (non-hydrogen) atoms. The van der Waals surface area contributed by atoms with E-state index in [0.29, 0.717) is 11.1 Å². The monoisotopic (exact) mass is 424 g/mol. The van der Waals surface area contributed by atoms with E-state index >= 15 is 0 Å². The van der Waals surface area contributed by atoms with E-state index in [2.05, 4.69) is 0 Å². The molecule has 0 bridgehead atoms. The van der Waals surface area contributed by atoms with E-state index in [0.717, 1.165) is 16.7 Å². The normalized spacial score (nSPS) is 12.4. The molecule has 0 aromatic heterocycles. The Morgan fingerprint density at radius 1 is 0.935 bits per heavy atom. The Morgan fingerprint density at radius 3 is 2.00 bits per heavy atom. The molecule has 0 saturated carbocycles. The number of ketones is 1. The fourth-order valence-electron chi connectivity index (χ4n) is 4.00. The molecular formula is C26H32O5. The molecule has 166 valence electrons. The summed E-state index contributed by atoms with van der Waals surface area (Å²) in [5.41, 5.74) is 2.67. The van der Waals surface area contributed by atoms with Crippen LogP contribution in [0.15, 0.2) is 42.5 Å². The van der Waals surface area contributed by atoms with Gasteiger partial charge in [0.15, 0.2) is 0 Å². The third kappa shape index (κ3) is 6.03. The van der Waals surface area contributed by atoms with Gasteiger partial charge in [-0.2, -0.15) is 0 Å². The van der Waals surface area contributed by atoms with Gasteiger partial charge in [0.05, 0.1) is 5.56 Å². The maximum absolute atomic E-state index is 12.9. The van der Waals surface area contributed by atoms with Crippen LogP contribution in [0.1, 0.15) is 65.1 Å². The number of benzene rings is 2. The second kappa shape index (κ2) is 9.90. The van der Waals surface area contributed by atoms with E-state index in [1.807, 2.05) is 66.7 Å². The van der Waals surface area contributed by atoms with Crippen LogP contribution in [-0.4, -0.2) is 30.4 Å². The van der Waals surface area contributed by atoms with Gasteiger partial charge in [-0.3, -0.25) is 4.79 Å². The Kier molecular flexibility index (Phi) is 7.77. The van der Waals surface area contributed by atoms with Crippen LogP contribution in [0.5, 0.6) is 0 Å². The van der Waals surface area contributed by atoms with Gasteiger partial charge in [-0.1, -0.05) is 63.6 Å². The quantitative estimate of drug-likeness (QED) is 0.329. The molecule has 5 nitrogen and oxygen atoms in total. The molecule has 0 radical (unpaired) electrons. The lowest BCUT2D eigenvalue weighted by molar-refractivity contribution is -0.155. The summed E-state index contributed by atoms with van der Waals surface area (Å²) in [6.07, 6.45) is -0.612. The molecule has 0 aliphatic heterocycles. The minimum absolute atomic E-state index is 0.0492. The topological polar surface area (TPSA) is 69.7 Å². The zero-order valence-corrected chi connectivity index (χ0v) is 19.4. The fraction of sp³-hybridized carbons (Fsp3) is 0.423. The van der Waals surface area contributed by atoms with Gasteiger partial charge in [0.25, 0.3) is 5.78 Å². The van der Waals surface area contributed by atoms with Crippen molar-refractivity contribution in [1.82, 2.24) is 0 Å². The van der Waals surface area contributed by atoms with Crippen molar-refractivity contribution in [2.24, 2.45) is 11.3 Å². The van der Waals surface area contributed by atoms with E-state index in [1.165, 1.54) is 0 Å². The average molecular weight is 425 g/mol. The summed E-state index contributed by atoms with van der Waals surface area (Å²) in [6, 6.07) is 12.5. The van der Waals surface area contributed by atoms with Crippen molar-refractivity contribution in [1.29, 1.82) is 0 Å². The molecule has 0 amide bonds. The number of hydrogen-bond acceptors (Lipinski definition) is 5. The Bertz CT molecular complexity index is 934. The molecular weight excluding hydrogens is 392 g/mol. The standard InChI is InChI=1S/C26H32O5/c1-16(2)23(26(6,7)15-30-24(28)20-11-9-8-10-12-20)31-25(29)22(27)21-18(4)13-17(3)14-19(21)5/h8-14,16,23H,15H2,1-7H3. The van der Waals surface area contributed by atoms with Crippen LogP contribution >= 0.6 is 0 Å². The van der Waals surface area contributed by atoms with Crippen molar-refractivity contribution in [3.05, 3.63) is 70.3 Å². The molecule has 0 aliphatic carbocycles. The first kappa shape index (κ1) is 24.3. The van der Waals surface area contributed by atoms with Gasteiger partial charge in [-0.15, -0.1) is 0 Å². The summed E-state index contributed by atoms with van der Waals surface area (Å²) >= 11 is 0. The maximum Gasteiger partial charge on any atom is 0.379 e. The van der Waals surface area contributed by atoms with Gasteiger partial charge >= 0.3 is 11.9 Å². The van der Waals surface area contributed by atoms with Crippen LogP contribution in [0.2, 0.25) is 0 Å². The number of hydrogen-bond donors (Lipinski definition) is 0. The smallest absolute Gasteiger partial charge is 0.379 e. The highest BCUT2D eigenvalue weighted by molar-refractivity contribution is 6.41. The fourth-order valence-corrected chi connectivity index (χ4v) is 4.00. The molecule has 1 unspecified atom stereocenters.